The maximum atomic E-state index is 11.5. The Morgan fingerprint density at radius 3 is 2.35 bits per heavy atom. The number of amides is 2. The summed E-state index contributed by atoms with van der Waals surface area (Å²) < 4.78 is 5.26. The monoisotopic (exact) mass is 586 g/mol. The molecule has 1 fully saturated rings. The number of aromatic nitrogens is 2. The number of benzene rings is 2. The maximum Gasteiger partial charge on any atom is 0.410 e. The number of piperidine rings is 1. The summed E-state index contributed by atoms with van der Waals surface area (Å²) in [5, 5.41) is 6.07. The summed E-state index contributed by atoms with van der Waals surface area (Å²) >= 11 is 0. The first kappa shape index (κ1) is 33.1. The van der Waals surface area contributed by atoms with Crippen molar-refractivity contribution < 1.29 is 14.3 Å². The second-order valence-electron chi connectivity index (χ2n) is 11.9. The molecule has 3 aromatic rings. The van der Waals surface area contributed by atoms with Crippen molar-refractivity contribution in [1.82, 2.24) is 14.9 Å². The molecule has 0 spiro atoms. The molecule has 4 rings (SSSR count). The van der Waals surface area contributed by atoms with E-state index in [0.717, 1.165) is 54.3 Å². The molecule has 0 saturated carbocycles. The number of rotatable bonds is 8. The SMILES string of the molecule is CC(C)(C)OC(=O)N1CCCCC1.CC(C)=CN(c1ccnc(N[C@@H](C)c2ccccc2)n1)c1ccc(NC=O)cc1C. The van der Waals surface area contributed by atoms with Crippen molar-refractivity contribution in [2.45, 2.75) is 79.4 Å². The Balaban J connectivity index is 0.000000326. The van der Waals surface area contributed by atoms with Crippen molar-refractivity contribution in [2.75, 3.05) is 28.6 Å². The van der Waals surface area contributed by atoms with E-state index in [1.54, 1.807) is 11.1 Å². The summed E-state index contributed by atoms with van der Waals surface area (Å²) in [6.07, 6.45) is 7.77. The van der Waals surface area contributed by atoms with Crippen molar-refractivity contribution >= 4 is 35.6 Å². The molecule has 2 amide bonds. The standard InChI is InChI=1S/C24H27N5O.C10H19NO2/c1-17(2)15-29(22-11-10-21(26-16-30)14-18(22)3)23-12-13-25-24(28-23)27-19(4)20-8-6-5-7-9-20;1-10(2,3)13-9(12)11-7-5-4-6-8-11/h5-16,19H,1-4H3,(H,26,30)(H,25,27,28);4-8H2,1-3H3/t19-;/m0./s1. The van der Waals surface area contributed by atoms with Gasteiger partial charge in [0.05, 0.1) is 11.7 Å². The number of carbonyl (C=O) groups is 2. The lowest BCUT2D eigenvalue weighted by Gasteiger charge is -2.29. The zero-order chi connectivity index (χ0) is 31.4. The predicted molar refractivity (Wildman–Crippen MR) is 175 cm³/mol. The molecule has 2 heterocycles. The third kappa shape index (κ3) is 10.7. The second kappa shape index (κ2) is 15.7. The van der Waals surface area contributed by atoms with Crippen LogP contribution >= 0.6 is 0 Å². The first-order valence-electron chi connectivity index (χ1n) is 14.8. The molecule has 0 bridgehead atoms. The fourth-order valence-electron chi connectivity index (χ4n) is 4.58. The number of hydrogen-bond donors (Lipinski definition) is 2. The van der Waals surface area contributed by atoms with Gasteiger partial charge < -0.3 is 25.2 Å². The first-order valence-corrected chi connectivity index (χ1v) is 14.8. The number of ether oxygens (including phenoxy) is 1. The minimum absolute atomic E-state index is 0.0776. The number of likely N-dealkylation sites (tertiary alicyclic amines) is 1. The van der Waals surface area contributed by atoms with E-state index >= 15 is 0 Å². The summed E-state index contributed by atoms with van der Waals surface area (Å²) in [5.41, 5.74) is 4.69. The Morgan fingerprint density at radius 1 is 1.05 bits per heavy atom. The Kier molecular flexibility index (Phi) is 12.1. The van der Waals surface area contributed by atoms with Gasteiger partial charge in [0, 0.05) is 31.2 Å². The van der Waals surface area contributed by atoms with Gasteiger partial charge in [-0.05, 0) is 103 Å². The van der Waals surface area contributed by atoms with Crippen LogP contribution in [0.5, 0.6) is 0 Å². The molecule has 230 valence electrons. The second-order valence-corrected chi connectivity index (χ2v) is 11.9. The molecule has 1 aliphatic heterocycles. The minimum atomic E-state index is -0.367. The molecular formula is C34H46N6O3. The van der Waals surface area contributed by atoms with E-state index in [0.29, 0.717) is 12.4 Å². The smallest absolute Gasteiger partial charge is 0.410 e. The Morgan fingerprint density at radius 2 is 1.74 bits per heavy atom. The van der Waals surface area contributed by atoms with Crippen LogP contribution in [-0.2, 0) is 9.53 Å². The van der Waals surface area contributed by atoms with Gasteiger partial charge in [-0.1, -0.05) is 35.9 Å². The van der Waals surface area contributed by atoms with Crippen LogP contribution in [0.4, 0.5) is 27.9 Å². The van der Waals surface area contributed by atoms with Crippen molar-refractivity contribution in [3.63, 3.8) is 0 Å². The number of nitrogens with one attached hydrogen (secondary N) is 2. The molecule has 0 unspecified atom stereocenters. The highest BCUT2D eigenvalue weighted by Crippen LogP contribution is 2.31. The van der Waals surface area contributed by atoms with Crippen LogP contribution in [0.2, 0.25) is 0 Å². The maximum absolute atomic E-state index is 11.5. The fraction of sp³-hybridized carbons (Fsp3) is 0.412. The molecule has 1 aliphatic rings. The number of hydrogen-bond acceptors (Lipinski definition) is 7. The van der Waals surface area contributed by atoms with Crippen LogP contribution in [0.3, 0.4) is 0 Å². The first-order chi connectivity index (χ1) is 20.5. The lowest BCUT2D eigenvalue weighted by molar-refractivity contribution is -0.105. The van der Waals surface area contributed by atoms with Crippen LogP contribution in [0.1, 0.15) is 78.0 Å². The topological polar surface area (TPSA) is 99.7 Å². The average Bonchev–Trinajstić information content (AvgIpc) is 2.97. The van der Waals surface area contributed by atoms with Gasteiger partial charge in [0.25, 0.3) is 0 Å². The Bertz CT molecular complexity index is 1360. The molecule has 1 saturated heterocycles. The van der Waals surface area contributed by atoms with Crippen molar-refractivity contribution in [3.05, 3.63) is 83.7 Å². The molecule has 1 aromatic heterocycles. The van der Waals surface area contributed by atoms with Gasteiger partial charge in [-0.15, -0.1) is 0 Å². The van der Waals surface area contributed by atoms with E-state index in [-0.39, 0.29) is 17.7 Å². The van der Waals surface area contributed by atoms with Crippen molar-refractivity contribution in [1.29, 1.82) is 0 Å². The molecule has 43 heavy (non-hydrogen) atoms. The highest BCUT2D eigenvalue weighted by molar-refractivity contribution is 5.75. The van der Waals surface area contributed by atoms with Gasteiger partial charge in [0.15, 0.2) is 0 Å². The number of anilines is 4. The Labute approximate surface area is 256 Å². The fourth-order valence-corrected chi connectivity index (χ4v) is 4.58. The highest BCUT2D eigenvalue weighted by atomic mass is 16.6. The van der Waals surface area contributed by atoms with E-state index in [9.17, 15) is 9.59 Å². The number of allylic oxidation sites excluding steroid dienone is 1. The summed E-state index contributed by atoms with van der Waals surface area (Å²) in [5.74, 6) is 1.32. The third-order valence-corrected chi connectivity index (χ3v) is 6.61. The van der Waals surface area contributed by atoms with E-state index < -0.39 is 0 Å². The molecular weight excluding hydrogens is 540 g/mol. The molecule has 9 heteroatoms. The Hall–Kier alpha value is -4.40. The molecule has 1 atom stereocenters. The molecule has 9 nitrogen and oxygen atoms in total. The number of aryl methyl sites for hydroxylation is 1. The zero-order valence-electron chi connectivity index (χ0n) is 26.6. The summed E-state index contributed by atoms with van der Waals surface area (Å²) in [7, 11) is 0. The van der Waals surface area contributed by atoms with Gasteiger partial charge in [0.2, 0.25) is 12.4 Å². The summed E-state index contributed by atoms with van der Waals surface area (Å²) in [6.45, 7) is 15.6. The van der Waals surface area contributed by atoms with Gasteiger partial charge in [0.1, 0.15) is 11.4 Å². The van der Waals surface area contributed by atoms with Gasteiger partial charge in [-0.3, -0.25) is 4.79 Å². The minimum Gasteiger partial charge on any atom is -0.444 e. The summed E-state index contributed by atoms with van der Waals surface area (Å²) in [6, 6.07) is 18.0. The summed E-state index contributed by atoms with van der Waals surface area (Å²) in [4.78, 5) is 35.3. The molecule has 0 radical (unpaired) electrons. The lowest BCUT2D eigenvalue weighted by Crippen LogP contribution is -2.39. The van der Waals surface area contributed by atoms with Crippen LogP contribution < -0.4 is 15.5 Å². The lowest BCUT2D eigenvalue weighted by atomic mass is 10.1. The van der Waals surface area contributed by atoms with E-state index in [1.807, 2.05) is 95.1 Å². The van der Waals surface area contributed by atoms with Gasteiger partial charge in [-0.25, -0.2) is 9.78 Å². The van der Waals surface area contributed by atoms with Gasteiger partial charge in [-0.2, -0.15) is 4.98 Å². The largest absolute Gasteiger partial charge is 0.444 e. The van der Waals surface area contributed by atoms with Crippen LogP contribution in [0.25, 0.3) is 0 Å². The zero-order valence-corrected chi connectivity index (χ0v) is 26.6. The molecule has 2 N–H and O–H groups in total. The van der Waals surface area contributed by atoms with E-state index in [4.69, 9.17) is 9.72 Å². The normalized spacial score (nSPS) is 13.5. The van der Waals surface area contributed by atoms with Crippen LogP contribution in [0, 0.1) is 6.92 Å². The molecule has 2 aromatic carbocycles. The highest BCUT2D eigenvalue weighted by Gasteiger charge is 2.23. The van der Waals surface area contributed by atoms with Gasteiger partial charge >= 0.3 is 6.09 Å². The quantitative estimate of drug-likeness (QED) is 0.258. The van der Waals surface area contributed by atoms with E-state index in [1.165, 1.54) is 12.0 Å². The average molecular weight is 587 g/mol. The number of nitrogens with zero attached hydrogens (tertiary/aromatic N) is 4. The van der Waals surface area contributed by atoms with Crippen molar-refractivity contribution in [2.24, 2.45) is 0 Å². The van der Waals surface area contributed by atoms with Crippen LogP contribution in [0.15, 0.2) is 72.6 Å². The predicted octanol–water partition coefficient (Wildman–Crippen LogP) is 8.00. The number of carbonyl (C=O) groups excluding carboxylic acids is 2. The van der Waals surface area contributed by atoms with Crippen molar-refractivity contribution in [3.8, 4) is 0 Å². The third-order valence-electron chi connectivity index (χ3n) is 6.61. The molecule has 0 aliphatic carbocycles. The van der Waals surface area contributed by atoms with Crippen LogP contribution in [-0.4, -0.2) is 46.1 Å². The van der Waals surface area contributed by atoms with E-state index in [2.05, 4.69) is 34.7 Å².